The minimum Gasteiger partial charge on any atom is -0.374 e. The van der Waals surface area contributed by atoms with Crippen LogP contribution in [-0.2, 0) is 29.5 Å². The minimum atomic E-state index is -0.498. The fourth-order valence-electron chi connectivity index (χ4n) is 7.03. The normalized spacial score (nSPS) is 15.3. The first kappa shape index (κ1) is 35.1. The molecule has 2 aliphatic heterocycles. The van der Waals surface area contributed by atoms with Crippen molar-refractivity contribution >= 4 is 45.7 Å². The van der Waals surface area contributed by atoms with E-state index < -0.39 is 11.9 Å². The van der Waals surface area contributed by atoms with Crippen LogP contribution in [0, 0.1) is 24.6 Å². The van der Waals surface area contributed by atoms with E-state index >= 15 is 4.39 Å². The van der Waals surface area contributed by atoms with E-state index in [2.05, 4.69) is 56.7 Å². The second kappa shape index (κ2) is 14.8. The molecule has 0 spiro atoms. The van der Waals surface area contributed by atoms with Crippen molar-refractivity contribution in [1.82, 2.24) is 20.2 Å². The van der Waals surface area contributed by atoms with Crippen LogP contribution >= 0.6 is 0 Å². The van der Waals surface area contributed by atoms with Gasteiger partial charge in [-0.15, -0.1) is 0 Å². The molecule has 5 aromatic rings. The molecule has 10 nitrogen and oxygen atoms in total. The van der Waals surface area contributed by atoms with Gasteiger partial charge in [-0.05, 0) is 98.3 Å². The number of carbonyl (C=O) groups is 3. The van der Waals surface area contributed by atoms with Gasteiger partial charge in [0.25, 0.3) is 11.5 Å². The number of hydrogen-bond acceptors (Lipinski definition) is 7. The number of fused-ring (bicyclic) bond motifs is 2. The molecule has 1 unspecified atom stereocenters. The maximum atomic E-state index is 15.9. The number of anilines is 3. The molecule has 2 aliphatic rings. The highest BCUT2D eigenvalue weighted by atomic mass is 19.1. The molecule has 7 rings (SSSR count). The summed E-state index contributed by atoms with van der Waals surface area (Å²) in [7, 11) is 1.79. The van der Waals surface area contributed by atoms with Gasteiger partial charge in [0.15, 0.2) is 0 Å². The van der Waals surface area contributed by atoms with Gasteiger partial charge in [0, 0.05) is 65.2 Å². The molecule has 0 aliphatic carbocycles. The zero-order valence-electron chi connectivity index (χ0n) is 29.8. The van der Waals surface area contributed by atoms with E-state index in [-0.39, 0.29) is 41.9 Å². The summed E-state index contributed by atoms with van der Waals surface area (Å²) in [6.45, 7) is 4.70. The van der Waals surface area contributed by atoms with Gasteiger partial charge in [-0.1, -0.05) is 30.9 Å². The van der Waals surface area contributed by atoms with Gasteiger partial charge in [-0.3, -0.25) is 29.5 Å². The lowest BCUT2D eigenvalue weighted by molar-refractivity contribution is -0.133. The molecule has 268 valence electrons. The fourth-order valence-corrected chi connectivity index (χ4v) is 7.03. The quantitative estimate of drug-likeness (QED) is 0.146. The van der Waals surface area contributed by atoms with Crippen LogP contribution < -0.4 is 26.4 Å². The molecule has 2 aromatic heterocycles. The molecule has 53 heavy (non-hydrogen) atoms. The standard InChI is InChI=1S/C42H39FN6O4/c1-4-26-20-37-32(18-25(2)42(53)48(37)3)38(21-26)49-17-7-10-28-22-31(33(43)23-36(28)49)29-12-13-34(45-24-29)40(51)44-16-6-9-27-8-5-11-30(19-27)46-35-14-15-39(50)47-41(35)52/h5,8,11-13,18-24,35,46H,4,7,10,14-17H2,1-3H3,(H,44,51)(H,47,50,52). The van der Waals surface area contributed by atoms with E-state index in [4.69, 9.17) is 0 Å². The monoisotopic (exact) mass is 710 g/mol. The van der Waals surface area contributed by atoms with E-state index in [1.807, 2.05) is 37.3 Å². The number of nitrogens with zero attached hydrogens (tertiary/aromatic N) is 3. The summed E-state index contributed by atoms with van der Waals surface area (Å²) in [5.41, 5.74) is 7.92. The van der Waals surface area contributed by atoms with Crippen molar-refractivity contribution in [3.8, 4) is 23.0 Å². The van der Waals surface area contributed by atoms with E-state index in [1.54, 1.807) is 35.9 Å². The Labute approximate surface area is 306 Å². The van der Waals surface area contributed by atoms with Crippen LogP contribution in [0.3, 0.4) is 0 Å². The fraction of sp³-hybridized carbons (Fsp3) is 0.262. The number of carbonyl (C=O) groups excluding carboxylic acids is 3. The molecule has 3 amide bonds. The van der Waals surface area contributed by atoms with Gasteiger partial charge in [0.05, 0.1) is 17.7 Å². The topological polar surface area (TPSA) is 125 Å². The van der Waals surface area contributed by atoms with Crippen LogP contribution in [0.5, 0.6) is 0 Å². The van der Waals surface area contributed by atoms with Crippen molar-refractivity contribution in [3.05, 3.63) is 117 Å². The zero-order chi connectivity index (χ0) is 37.2. The van der Waals surface area contributed by atoms with Crippen LogP contribution in [-0.4, -0.2) is 46.4 Å². The third-order valence-electron chi connectivity index (χ3n) is 9.87. The maximum Gasteiger partial charge on any atom is 0.270 e. The maximum absolute atomic E-state index is 15.9. The molecule has 4 heterocycles. The van der Waals surface area contributed by atoms with Gasteiger partial charge >= 0.3 is 0 Å². The number of aromatic nitrogens is 2. The first-order chi connectivity index (χ1) is 25.6. The summed E-state index contributed by atoms with van der Waals surface area (Å²) in [6.07, 6.45) is 4.68. The number of piperidine rings is 1. The molecule has 3 N–H and O–H groups in total. The van der Waals surface area contributed by atoms with Crippen molar-refractivity contribution in [3.63, 3.8) is 0 Å². The first-order valence-electron chi connectivity index (χ1n) is 17.8. The SMILES string of the molecule is CCc1cc(N2CCCc3cc(-c4ccc(C(=O)NCC#Cc5cccc(NC6CCC(=O)NC6=O)c5)nc4)c(F)cc32)c2cc(C)c(=O)n(C)c2c1. The average Bonchev–Trinajstić information content (AvgIpc) is 3.16. The third kappa shape index (κ3) is 7.26. The van der Waals surface area contributed by atoms with Crippen LogP contribution in [0.15, 0.2) is 77.7 Å². The molecule has 1 saturated heterocycles. The predicted octanol–water partition coefficient (Wildman–Crippen LogP) is 5.69. The van der Waals surface area contributed by atoms with Crippen molar-refractivity contribution in [2.24, 2.45) is 7.05 Å². The Morgan fingerprint density at radius 2 is 1.89 bits per heavy atom. The highest BCUT2D eigenvalue weighted by molar-refractivity contribution is 6.01. The first-order valence-corrected chi connectivity index (χ1v) is 17.8. The molecular weight excluding hydrogens is 671 g/mol. The zero-order valence-corrected chi connectivity index (χ0v) is 29.8. The Bertz CT molecular complexity index is 2410. The summed E-state index contributed by atoms with van der Waals surface area (Å²) in [4.78, 5) is 55.6. The lowest BCUT2D eigenvalue weighted by Gasteiger charge is -2.33. The molecule has 11 heteroatoms. The molecule has 0 saturated carbocycles. The number of benzene rings is 3. The molecule has 1 fully saturated rings. The molecule has 0 bridgehead atoms. The highest BCUT2D eigenvalue weighted by Crippen LogP contribution is 2.41. The summed E-state index contributed by atoms with van der Waals surface area (Å²) >= 11 is 0. The Morgan fingerprint density at radius 3 is 2.66 bits per heavy atom. The van der Waals surface area contributed by atoms with E-state index in [0.29, 0.717) is 34.4 Å². The number of aryl methyl sites for hydroxylation is 4. The van der Waals surface area contributed by atoms with Crippen molar-refractivity contribution in [2.45, 2.75) is 52.0 Å². The van der Waals surface area contributed by atoms with E-state index in [0.717, 1.165) is 59.2 Å². The third-order valence-corrected chi connectivity index (χ3v) is 9.87. The second-order valence-electron chi connectivity index (χ2n) is 13.5. The lowest BCUT2D eigenvalue weighted by Crippen LogP contribution is -2.47. The number of rotatable bonds is 7. The number of hydrogen-bond donors (Lipinski definition) is 3. The van der Waals surface area contributed by atoms with Crippen LogP contribution in [0.4, 0.5) is 21.5 Å². The van der Waals surface area contributed by atoms with Gasteiger partial charge in [0.2, 0.25) is 11.8 Å². The van der Waals surface area contributed by atoms with Crippen LogP contribution in [0.2, 0.25) is 0 Å². The average molecular weight is 711 g/mol. The molecule has 1 atom stereocenters. The number of imide groups is 1. The molecule has 0 radical (unpaired) electrons. The van der Waals surface area contributed by atoms with E-state index in [1.165, 1.54) is 6.20 Å². The van der Waals surface area contributed by atoms with Gasteiger partial charge in [-0.25, -0.2) is 4.39 Å². The Balaban J connectivity index is 1.04. The summed E-state index contributed by atoms with van der Waals surface area (Å²) in [6, 6.07) is 19.6. The Hall–Kier alpha value is -6.28. The Kier molecular flexibility index (Phi) is 9.78. The Morgan fingerprint density at radius 1 is 1.04 bits per heavy atom. The summed E-state index contributed by atoms with van der Waals surface area (Å²) in [5, 5.41) is 9.17. The van der Waals surface area contributed by atoms with E-state index in [9.17, 15) is 19.2 Å². The predicted molar refractivity (Wildman–Crippen MR) is 204 cm³/mol. The van der Waals surface area contributed by atoms with Crippen molar-refractivity contribution < 1.29 is 18.8 Å². The summed E-state index contributed by atoms with van der Waals surface area (Å²) < 4.78 is 17.6. The van der Waals surface area contributed by atoms with Crippen LogP contribution in [0.1, 0.15) is 58.9 Å². The summed E-state index contributed by atoms with van der Waals surface area (Å²) in [5.74, 6) is 4.52. The van der Waals surface area contributed by atoms with Crippen molar-refractivity contribution in [1.29, 1.82) is 0 Å². The number of amides is 3. The largest absolute Gasteiger partial charge is 0.374 e. The smallest absolute Gasteiger partial charge is 0.270 e. The van der Waals surface area contributed by atoms with Crippen molar-refractivity contribution in [2.75, 3.05) is 23.3 Å². The lowest BCUT2D eigenvalue weighted by atomic mass is 9.94. The minimum absolute atomic E-state index is 0.0294. The number of halogens is 1. The number of nitrogens with one attached hydrogen (secondary N) is 3. The second-order valence-corrected chi connectivity index (χ2v) is 13.5. The highest BCUT2D eigenvalue weighted by Gasteiger charge is 2.27. The van der Waals surface area contributed by atoms with Gasteiger partial charge in [-0.2, -0.15) is 0 Å². The van der Waals surface area contributed by atoms with Crippen LogP contribution in [0.25, 0.3) is 22.0 Å². The number of pyridine rings is 2. The van der Waals surface area contributed by atoms with Gasteiger partial charge < -0.3 is 20.1 Å². The van der Waals surface area contributed by atoms with Gasteiger partial charge in [0.1, 0.15) is 17.6 Å². The molecular formula is C42H39FN6O4. The molecule has 3 aromatic carbocycles.